The van der Waals surface area contributed by atoms with Crippen molar-refractivity contribution in [3.8, 4) is 0 Å². The van der Waals surface area contributed by atoms with E-state index in [0.29, 0.717) is 31.2 Å². The maximum absolute atomic E-state index is 12.0. The minimum absolute atomic E-state index is 0.0206. The molecule has 6 heteroatoms. The van der Waals surface area contributed by atoms with Crippen LogP contribution >= 0.6 is 0 Å². The number of benzene rings is 1. The van der Waals surface area contributed by atoms with Crippen LogP contribution in [0.25, 0.3) is 0 Å². The molecule has 0 spiro atoms. The number of urea groups is 1. The second kappa shape index (κ2) is 7.97. The standard InChI is InChI=1S/C17H25N3O3/c1-11(2)9-16(21)19-14-5-4-6-15(12(14)3)20-17(22)18-13-7-8-23-10-13/h4-6,11,13H,7-10H2,1-3H3,(H,19,21)(H2,18,20,22). The maximum atomic E-state index is 12.0. The first kappa shape index (κ1) is 17.3. The first-order valence-corrected chi connectivity index (χ1v) is 8.00. The molecule has 1 saturated heterocycles. The minimum Gasteiger partial charge on any atom is -0.379 e. The fourth-order valence-corrected chi connectivity index (χ4v) is 2.47. The Hall–Kier alpha value is -2.08. The van der Waals surface area contributed by atoms with E-state index >= 15 is 0 Å². The minimum atomic E-state index is -0.255. The highest BCUT2D eigenvalue weighted by molar-refractivity contribution is 5.95. The molecule has 0 aliphatic carbocycles. The van der Waals surface area contributed by atoms with Gasteiger partial charge in [0.1, 0.15) is 0 Å². The zero-order chi connectivity index (χ0) is 16.8. The number of anilines is 2. The normalized spacial score (nSPS) is 17.1. The number of ether oxygens (including phenoxy) is 1. The molecule has 126 valence electrons. The molecule has 0 saturated carbocycles. The lowest BCUT2D eigenvalue weighted by Gasteiger charge is -2.16. The first-order valence-electron chi connectivity index (χ1n) is 8.00. The largest absolute Gasteiger partial charge is 0.379 e. The van der Waals surface area contributed by atoms with Crippen molar-refractivity contribution in [1.82, 2.24) is 5.32 Å². The third-order valence-corrected chi connectivity index (χ3v) is 3.71. The van der Waals surface area contributed by atoms with Crippen LogP contribution < -0.4 is 16.0 Å². The number of nitrogens with one attached hydrogen (secondary N) is 3. The van der Waals surface area contributed by atoms with E-state index in [4.69, 9.17) is 4.74 Å². The number of carbonyl (C=O) groups excluding carboxylic acids is 2. The van der Waals surface area contributed by atoms with Crippen LogP contribution in [0.3, 0.4) is 0 Å². The lowest BCUT2D eigenvalue weighted by Crippen LogP contribution is -2.38. The van der Waals surface area contributed by atoms with Crippen LogP contribution in [0.1, 0.15) is 32.3 Å². The first-order chi connectivity index (χ1) is 11.0. The van der Waals surface area contributed by atoms with Crippen LogP contribution in [-0.2, 0) is 9.53 Å². The maximum Gasteiger partial charge on any atom is 0.319 e. The van der Waals surface area contributed by atoms with E-state index in [-0.39, 0.29) is 18.0 Å². The smallest absolute Gasteiger partial charge is 0.319 e. The van der Waals surface area contributed by atoms with Crippen LogP contribution in [0, 0.1) is 12.8 Å². The van der Waals surface area contributed by atoms with Crippen LogP contribution in [0.2, 0.25) is 0 Å². The van der Waals surface area contributed by atoms with E-state index in [2.05, 4.69) is 16.0 Å². The average molecular weight is 319 g/mol. The molecule has 1 fully saturated rings. The molecule has 1 aliphatic heterocycles. The predicted octanol–water partition coefficient (Wildman–Crippen LogP) is 2.89. The molecule has 23 heavy (non-hydrogen) atoms. The Morgan fingerprint density at radius 3 is 2.57 bits per heavy atom. The van der Waals surface area contributed by atoms with Gasteiger partial charge < -0.3 is 20.7 Å². The third-order valence-electron chi connectivity index (χ3n) is 3.71. The van der Waals surface area contributed by atoms with Crippen LogP contribution in [0.4, 0.5) is 16.2 Å². The van der Waals surface area contributed by atoms with Gasteiger partial charge in [0.15, 0.2) is 0 Å². The van der Waals surface area contributed by atoms with Gasteiger partial charge in [0, 0.05) is 24.4 Å². The van der Waals surface area contributed by atoms with Gasteiger partial charge in [0.2, 0.25) is 5.91 Å². The zero-order valence-electron chi connectivity index (χ0n) is 13.9. The number of amides is 3. The van der Waals surface area contributed by atoms with E-state index in [1.807, 2.05) is 39.0 Å². The van der Waals surface area contributed by atoms with Crippen molar-refractivity contribution < 1.29 is 14.3 Å². The molecule has 3 amide bonds. The molecule has 3 N–H and O–H groups in total. The van der Waals surface area contributed by atoms with E-state index < -0.39 is 0 Å². The number of rotatable bonds is 5. The molecule has 0 bridgehead atoms. The molecule has 2 rings (SSSR count). The molecule has 1 aliphatic rings. The monoisotopic (exact) mass is 319 g/mol. The molecule has 0 aromatic heterocycles. The SMILES string of the molecule is Cc1c(NC(=O)CC(C)C)cccc1NC(=O)NC1CCOC1. The number of hydrogen-bond acceptors (Lipinski definition) is 3. The predicted molar refractivity (Wildman–Crippen MR) is 90.6 cm³/mol. The lowest BCUT2D eigenvalue weighted by molar-refractivity contribution is -0.116. The van der Waals surface area contributed by atoms with Gasteiger partial charge in [-0.3, -0.25) is 4.79 Å². The Balaban J connectivity index is 1.98. The van der Waals surface area contributed by atoms with Crippen molar-refractivity contribution in [1.29, 1.82) is 0 Å². The fourth-order valence-electron chi connectivity index (χ4n) is 2.47. The van der Waals surface area contributed by atoms with E-state index in [1.54, 1.807) is 0 Å². The van der Waals surface area contributed by atoms with Crippen molar-refractivity contribution >= 4 is 23.3 Å². The Morgan fingerprint density at radius 2 is 1.96 bits per heavy atom. The zero-order valence-corrected chi connectivity index (χ0v) is 13.9. The summed E-state index contributed by atoms with van der Waals surface area (Å²) in [6.07, 6.45) is 1.30. The molecule has 1 aromatic rings. The van der Waals surface area contributed by atoms with Gasteiger partial charge >= 0.3 is 6.03 Å². The number of hydrogen-bond donors (Lipinski definition) is 3. The van der Waals surface area contributed by atoms with Crippen molar-refractivity contribution in [2.24, 2.45) is 5.92 Å². The quantitative estimate of drug-likeness (QED) is 0.781. The van der Waals surface area contributed by atoms with Gasteiger partial charge in [-0.1, -0.05) is 19.9 Å². The van der Waals surface area contributed by atoms with Crippen LogP contribution in [0.5, 0.6) is 0 Å². The molecule has 0 radical (unpaired) electrons. The summed E-state index contributed by atoms with van der Waals surface area (Å²) in [6.45, 7) is 7.11. The van der Waals surface area contributed by atoms with Crippen molar-refractivity contribution in [3.63, 3.8) is 0 Å². The summed E-state index contributed by atoms with van der Waals surface area (Å²) in [7, 11) is 0. The Kier molecular flexibility index (Phi) is 5.98. The molecule has 6 nitrogen and oxygen atoms in total. The molecular weight excluding hydrogens is 294 g/mol. The Labute approximate surface area is 137 Å². The van der Waals surface area contributed by atoms with Crippen LogP contribution in [-0.4, -0.2) is 31.2 Å². The average Bonchev–Trinajstić information content (AvgIpc) is 2.95. The summed E-state index contributed by atoms with van der Waals surface area (Å²) in [6, 6.07) is 5.27. The van der Waals surface area contributed by atoms with E-state index in [9.17, 15) is 9.59 Å². The summed E-state index contributed by atoms with van der Waals surface area (Å²) in [5.41, 5.74) is 2.24. The molecule has 1 aromatic carbocycles. The Morgan fingerprint density at radius 1 is 1.26 bits per heavy atom. The highest BCUT2D eigenvalue weighted by atomic mass is 16.5. The molecule has 1 atom stereocenters. The van der Waals surface area contributed by atoms with Crippen molar-refractivity contribution in [2.75, 3.05) is 23.8 Å². The summed E-state index contributed by atoms with van der Waals surface area (Å²) >= 11 is 0. The van der Waals surface area contributed by atoms with E-state index in [0.717, 1.165) is 17.7 Å². The van der Waals surface area contributed by atoms with Gasteiger partial charge in [-0.25, -0.2) is 4.79 Å². The summed E-state index contributed by atoms with van der Waals surface area (Å²) in [5, 5.41) is 8.61. The summed E-state index contributed by atoms with van der Waals surface area (Å²) in [4.78, 5) is 23.9. The van der Waals surface area contributed by atoms with Crippen molar-refractivity contribution in [2.45, 2.75) is 39.7 Å². The van der Waals surface area contributed by atoms with Crippen molar-refractivity contribution in [3.05, 3.63) is 23.8 Å². The molecular formula is C17H25N3O3. The highest BCUT2D eigenvalue weighted by Crippen LogP contribution is 2.23. The van der Waals surface area contributed by atoms with Gasteiger partial charge in [0.25, 0.3) is 0 Å². The topological polar surface area (TPSA) is 79.5 Å². The summed E-state index contributed by atoms with van der Waals surface area (Å²) in [5.74, 6) is 0.281. The second-order valence-electron chi connectivity index (χ2n) is 6.28. The lowest BCUT2D eigenvalue weighted by atomic mass is 10.1. The highest BCUT2D eigenvalue weighted by Gasteiger charge is 2.18. The van der Waals surface area contributed by atoms with Gasteiger partial charge in [-0.2, -0.15) is 0 Å². The van der Waals surface area contributed by atoms with Gasteiger partial charge in [0.05, 0.1) is 12.6 Å². The van der Waals surface area contributed by atoms with Gasteiger partial charge in [-0.05, 0) is 37.0 Å². The van der Waals surface area contributed by atoms with E-state index in [1.165, 1.54) is 0 Å². The Bertz CT molecular complexity index is 566. The third kappa shape index (κ3) is 5.25. The fraction of sp³-hybridized carbons (Fsp3) is 0.529. The number of carbonyl (C=O) groups is 2. The second-order valence-corrected chi connectivity index (χ2v) is 6.28. The molecule has 1 unspecified atom stereocenters. The van der Waals surface area contributed by atoms with Gasteiger partial charge in [-0.15, -0.1) is 0 Å². The summed E-state index contributed by atoms with van der Waals surface area (Å²) < 4.78 is 5.24. The molecule has 1 heterocycles. The van der Waals surface area contributed by atoms with Crippen LogP contribution in [0.15, 0.2) is 18.2 Å².